The molecular formula is C17H23N5O3. The van der Waals surface area contributed by atoms with Crippen LogP contribution in [0, 0.1) is 6.92 Å². The van der Waals surface area contributed by atoms with Gasteiger partial charge in [-0.15, -0.1) is 0 Å². The lowest BCUT2D eigenvalue weighted by atomic mass is 10.0. The molecular weight excluding hydrogens is 322 g/mol. The van der Waals surface area contributed by atoms with Crippen molar-refractivity contribution in [2.24, 2.45) is 0 Å². The maximum Gasteiger partial charge on any atom is 0.267 e. The third-order valence-electron chi connectivity index (χ3n) is 4.48. The number of nitrogens with one attached hydrogen (secondary N) is 1. The standard InChI is InChI=1S/C17H23N5O3/c1-4-14(17(24)18-15-8-11(3)25-20-15)21-7-6-13-12(10-21)9-16(23)22(5-2)19-13/h8-9,14H,4-7,10H2,1-3H3,(H,18,20,24)/t14-/m0/s1. The molecule has 2 aromatic heterocycles. The summed E-state index contributed by atoms with van der Waals surface area (Å²) in [6.45, 7) is 7.49. The molecule has 1 atom stereocenters. The van der Waals surface area contributed by atoms with Crippen molar-refractivity contribution >= 4 is 11.7 Å². The van der Waals surface area contributed by atoms with Crippen molar-refractivity contribution < 1.29 is 9.32 Å². The minimum Gasteiger partial charge on any atom is -0.360 e. The number of aryl methyl sites for hydroxylation is 2. The van der Waals surface area contributed by atoms with Gasteiger partial charge in [-0.25, -0.2) is 4.68 Å². The van der Waals surface area contributed by atoms with Crippen LogP contribution in [-0.4, -0.2) is 38.3 Å². The third-order valence-corrected chi connectivity index (χ3v) is 4.48. The second-order valence-electron chi connectivity index (χ2n) is 6.23. The van der Waals surface area contributed by atoms with Gasteiger partial charge in [-0.1, -0.05) is 12.1 Å². The van der Waals surface area contributed by atoms with Crippen molar-refractivity contribution in [2.75, 3.05) is 11.9 Å². The minimum atomic E-state index is -0.293. The van der Waals surface area contributed by atoms with Crippen molar-refractivity contribution in [3.63, 3.8) is 0 Å². The van der Waals surface area contributed by atoms with Crippen LogP contribution in [0.3, 0.4) is 0 Å². The van der Waals surface area contributed by atoms with E-state index in [9.17, 15) is 9.59 Å². The van der Waals surface area contributed by atoms with E-state index < -0.39 is 0 Å². The molecule has 3 rings (SSSR count). The number of aromatic nitrogens is 3. The Kier molecular flexibility index (Phi) is 4.98. The summed E-state index contributed by atoms with van der Waals surface area (Å²) in [7, 11) is 0. The molecule has 0 aromatic carbocycles. The monoisotopic (exact) mass is 345 g/mol. The number of rotatable bonds is 5. The Labute approximate surface area is 145 Å². The second-order valence-corrected chi connectivity index (χ2v) is 6.23. The quantitative estimate of drug-likeness (QED) is 0.879. The second kappa shape index (κ2) is 7.18. The van der Waals surface area contributed by atoms with E-state index >= 15 is 0 Å². The van der Waals surface area contributed by atoms with Crippen LogP contribution in [0.2, 0.25) is 0 Å². The molecule has 25 heavy (non-hydrogen) atoms. The highest BCUT2D eigenvalue weighted by Crippen LogP contribution is 2.20. The molecule has 8 heteroatoms. The van der Waals surface area contributed by atoms with Gasteiger partial charge in [0.05, 0.1) is 11.7 Å². The van der Waals surface area contributed by atoms with Gasteiger partial charge in [-0.2, -0.15) is 5.10 Å². The van der Waals surface area contributed by atoms with Gasteiger partial charge in [0.15, 0.2) is 5.82 Å². The Morgan fingerprint density at radius 3 is 2.84 bits per heavy atom. The molecule has 0 unspecified atom stereocenters. The van der Waals surface area contributed by atoms with Crippen LogP contribution in [0.25, 0.3) is 0 Å². The molecule has 0 spiro atoms. The zero-order valence-corrected chi connectivity index (χ0v) is 14.8. The van der Waals surface area contributed by atoms with Gasteiger partial charge in [-0.05, 0) is 25.8 Å². The maximum absolute atomic E-state index is 12.6. The highest BCUT2D eigenvalue weighted by atomic mass is 16.5. The van der Waals surface area contributed by atoms with E-state index in [0.29, 0.717) is 31.1 Å². The lowest BCUT2D eigenvalue weighted by molar-refractivity contribution is -0.121. The van der Waals surface area contributed by atoms with Crippen LogP contribution >= 0.6 is 0 Å². The van der Waals surface area contributed by atoms with E-state index in [4.69, 9.17) is 4.52 Å². The molecule has 0 saturated carbocycles. The summed E-state index contributed by atoms with van der Waals surface area (Å²) >= 11 is 0. The summed E-state index contributed by atoms with van der Waals surface area (Å²) in [5.41, 5.74) is 1.75. The minimum absolute atomic E-state index is 0.0985. The molecule has 1 amide bonds. The Balaban J connectivity index is 1.75. The smallest absolute Gasteiger partial charge is 0.267 e. The molecule has 8 nitrogen and oxygen atoms in total. The highest BCUT2D eigenvalue weighted by Gasteiger charge is 2.29. The predicted molar refractivity (Wildman–Crippen MR) is 92.2 cm³/mol. The van der Waals surface area contributed by atoms with Crippen LogP contribution < -0.4 is 10.9 Å². The average molecular weight is 345 g/mol. The normalized spacial score (nSPS) is 15.6. The van der Waals surface area contributed by atoms with Crippen molar-refractivity contribution in [2.45, 2.75) is 52.7 Å². The molecule has 0 saturated heterocycles. The Bertz CT molecular complexity index is 826. The van der Waals surface area contributed by atoms with Crippen molar-refractivity contribution in [1.29, 1.82) is 0 Å². The van der Waals surface area contributed by atoms with Crippen molar-refractivity contribution in [3.05, 3.63) is 39.5 Å². The van der Waals surface area contributed by atoms with E-state index in [1.54, 1.807) is 19.1 Å². The van der Waals surface area contributed by atoms with Gasteiger partial charge in [0.25, 0.3) is 5.56 Å². The highest BCUT2D eigenvalue weighted by molar-refractivity contribution is 5.94. The largest absolute Gasteiger partial charge is 0.360 e. The van der Waals surface area contributed by atoms with E-state index in [1.807, 2.05) is 13.8 Å². The Morgan fingerprint density at radius 1 is 1.40 bits per heavy atom. The topological polar surface area (TPSA) is 93.3 Å². The van der Waals surface area contributed by atoms with Gasteiger partial charge in [-0.3, -0.25) is 14.5 Å². The first kappa shape index (κ1) is 17.3. The summed E-state index contributed by atoms with van der Waals surface area (Å²) in [6, 6.07) is 3.04. The van der Waals surface area contributed by atoms with Crippen LogP contribution in [0.15, 0.2) is 21.5 Å². The van der Waals surface area contributed by atoms with Crippen LogP contribution in [-0.2, 0) is 24.3 Å². The van der Waals surface area contributed by atoms with Crippen molar-refractivity contribution in [1.82, 2.24) is 19.8 Å². The summed E-state index contributed by atoms with van der Waals surface area (Å²) in [4.78, 5) is 26.7. The Morgan fingerprint density at radius 2 is 2.20 bits per heavy atom. The van der Waals surface area contributed by atoms with E-state index in [2.05, 4.69) is 20.5 Å². The van der Waals surface area contributed by atoms with Crippen LogP contribution in [0.1, 0.15) is 37.3 Å². The van der Waals surface area contributed by atoms with E-state index in [1.165, 1.54) is 4.68 Å². The number of nitrogens with zero attached hydrogens (tertiary/aromatic N) is 4. The zero-order valence-electron chi connectivity index (χ0n) is 14.8. The number of fused-ring (bicyclic) bond motifs is 1. The third kappa shape index (κ3) is 3.63. The van der Waals surface area contributed by atoms with Crippen molar-refractivity contribution in [3.8, 4) is 0 Å². The zero-order chi connectivity index (χ0) is 18.0. The SMILES string of the molecule is CC[C@@H](C(=O)Nc1cc(C)on1)N1CCc2nn(CC)c(=O)cc2C1. The molecule has 0 radical (unpaired) electrons. The molecule has 1 aliphatic rings. The molecule has 134 valence electrons. The number of anilines is 1. The fourth-order valence-corrected chi connectivity index (χ4v) is 3.20. The van der Waals surface area contributed by atoms with Gasteiger partial charge in [0.2, 0.25) is 5.91 Å². The first-order chi connectivity index (χ1) is 12.0. The van der Waals surface area contributed by atoms with Gasteiger partial charge < -0.3 is 9.84 Å². The molecule has 2 aromatic rings. The summed E-state index contributed by atoms with van der Waals surface area (Å²) in [6.07, 6.45) is 1.39. The van der Waals surface area contributed by atoms with E-state index in [0.717, 1.165) is 24.2 Å². The average Bonchev–Trinajstić information content (AvgIpc) is 2.99. The summed E-state index contributed by atoms with van der Waals surface area (Å²) < 4.78 is 6.46. The van der Waals surface area contributed by atoms with E-state index in [-0.39, 0.29) is 17.5 Å². The first-order valence-corrected chi connectivity index (χ1v) is 8.60. The number of hydrogen-bond acceptors (Lipinski definition) is 6. The number of carbonyl (C=O) groups is 1. The lowest BCUT2D eigenvalue weighted by Gasteiger charge is -2.33. The molecule has 1 N–H and O–H groups in total. The molecule has 0 bridgehead atoms. The van der Waals surface area contributed by atoms with Gasteiger partial charge in [0, 0.05) is 38.2 Å². The molecule has 0 aliphatic carbocycles. The molecule has 1 aliphatic heterocycles. The fraction of sp³-hybridized carbons (Fsp3) is 0.529. The lowest BCUT2D eigenvalue weighted by Crippen LogP contribution is -2.46. The fourth-order valence-electron chi connectivity index (χ4n) is 3.20. The predicted octanol–water partition coefficient (Wildman–Crippen LogP) is 1.34. The molecule has 3 heterocycles. The number of carbonyl (C=O) groups excluding carboxylic acids is 1. The van der Waals surface area contributed by atoms with Crippen LogP contribution in [0.4, 0.5) is 5.82 Å². The first-order valence-electron chi connectivity index (χ1n) is 8.60. The van der Waals surface area contributed by atoms with Gasteiger partial charge >= 0.3 is 0 Å². The van der Waals surface area contributed by atoms with Crippen LogP contribution in [0.5, 0.6) is 0 Å². The van der Waals surface area contributed by atoms with Gasteiger partial charge in [0.1, 0.15) is 5.76 Å². The summed E-state index contributed by atoms with van der Waals surface area (Å²) in [5.74, 6) is 0.952. The number of hydrogen-bond donors (Lipinski definition) is 1. The number of amides is 1. The maximum atomic E-state index is 12.6. The molecule has 0 fully saturated rings. The summed E-state index contributed by atoms with van der Waals surface area (Å²) in [5, 5.41) is 11.0. The Hall–Kier alpha value is -2.48.